The van der Waals surface area contributed by atoms with Gasteiger partial charge in [-0.05, 0) is 84.9 Å². The topological polar surface area (TPSA) is 86.4 Å². The molecule has 7 nitrogen and oxygen atoms in total. The normalized spacial score (nSPS) is 14.1. The van der Waals surface area contributed by atoms with E-state index in [0.717, 1.165) is 47.3 Å². The predicted octanol–water partition coefficient (Wildman–Crippen LogP) is 6.77. The van der Waals surface area contributed by atoms with Crippen LogP contribution in [0.4, 0.5) is 0 Å². The molecule has 0 unspecified atom stereocenters. The van der Waals surface area contributed by atoms with Gasteiger partial charge >= 0.3 is 11.7 Å². The Morgan fingerprint density at radius 2 is 1.58 bits per heavy atom. The van der Waals surface area contributed by atoms with Crippen molar-refractivity contribution in [2.24, 2.45) is 0 Å². The number of aromatic nitrogens is 3. The fraction of sp³-hybridized carbons (Fsp3) is 0.417. The molecule has 0 spiro atoms. The highest BCUT2D eigenvalue weighted by Crippen LogP contribution is 2.52. The minimum Gasteiger partial charge on any atom is -0.494 e. The minimum atomic E-state index is -0.830. The molecule has 0 amide bonds. The molecule has 0 saturated heterocycles. The number of rotatable bonds is 12. The van der Waals surface area contributed by atoms with Gasteiger partial charge in [-0.3, -0.25) is 9.36 Å². The standard InChI is InChI=1S/C36H43N3O4/c1-6-38-32(37-39(34(38)42)24-26-13-18-29(19-14-26)35(3,4)5)10-8-9-25-11-15-27(16-12-25)28-17-20-31(43-7-2)30(23-28)36(21-22-36)33(40)41/h11-20,23H,6-10,21-22,24H2,1-5H3,(H,40,41). The summed E-state index contributed by atoms with van der Waals surface area (Å²) in [6.07, 6.45) is 3.75. The zero-order valence-electron chi connectivity index (χ0n) is 26.0. The van der Waals surface area contributed by atoms with Gasteiger partial charge in [0.15, 0.2) is 0 Å². The van der Waals surface area contributed by atoms with Crippen LogP contribution in [-0.4, -0.2) is 32.0 Å². The minimum absolute atomic E-state index is 0.0626. The number of hydrogen-bond donors (Lipinski definition) is 1. The summed E-state index contributed by atoms with van der Waals surface area (Å²) in [5.74, 6) is 0.702. The Hall–Kier alpha value is -4.13. The van der Waals surface area contributed by atoms with Crippen molar-refractivity contribution in [1.82, 2.24) is 14.3 Å². The van der Waals surface area contributed by atoms with Crippen molar-refractivity contribution in [3.8, 4) is 16.9 Å². The molecule has 1 saturated carbocycles. The molecule has 0 aliphatic heterocycles. The number of ether oxygens (including phenoxy) is 1. The molecule has 5 rings (SSSR count). The molecule has 1 fully saturated rings. The summed E-state index contributed by atoms with van der Waals surface area (Å²) >= 11 is 0. The smallest absolute Gasteiger partial charge is 0.346 e. The summed E-state index contributed by atoms with van der Waals surface area (Å²) in [5, 5.41) is 14.6. The highest BCUT2D eigenvalue weighted by atomic mass is 16.5. The lowest BCUT2D eigenvalue weighted by molar-refractivity contribution is -0.140. The molecule has 0 atom stereocenters. The maximum absolute atomic E-state index is 13.1. The first-order valence-electron chi connectivity index (χ1n) is 15.4. The van der Waals surface area contributed by atoms with Gasteiger partial charge in [0.25, 0.3) is 0 Å². The second-order valence-corrected chi connectivity index (χ2v) is 12.6. The van der Waals surface area contributed by atoms with Gasteiger partial charge in [0.05, 0.1) is 18.6 Å². The van der Waals surface area contributed by atoms with Gasteiger partial charge in [-0.25, -0.2) is 9.48 Å². The molecule has 3 aromatic carbocycles. The van der Waals surface area contributed by atoms with Crippen molar-refractivity contribution < 1.29 is 14.6 Å². The lowest BCUT2D eigenvalue weighted by Gasteiger charge is -2.19. The van der Waals surface area contributed by atoms with Gasteiger partial charge in [0, 0.05) is 18.5 Å². The van der Waals surface area contributed by atoms with E-state index in [1.54, 1.807) is 9.25 Å². The number of aryl methyl sites for hydroxylation is 2. The lowest BCUT2D eigenvalue weighted by Crippen LogP contribution is -2.25. The van der Waals surface area contributed by atoms with E-state index in [4.69, 9.17) is 9.84 Å². The van der Waals surface area contributed by atoms with Crippen LogP contribution in [0.1, 0.15) is 82.0 Å². The molecule has 226 valence electrons. The van der Waals surface area contributed by atoms with Gasteiger partial charge in [-0.15, -0.1) is 0 Å². The Balaban J connectivity index is 1.24. The number of benzene rings is 3. The lowest BCUT2D eigenvalue weighted by atomic mass is 9.87. The summed E-state index contributed by atoms with van der Waals surface area (Å²) in [5.41, 5.74) is 5.55. The zero-order valence-corrected chi connectivity index (χ0v) is 26.0. The van der Waals surface area contributed by atoms with E-state index in [1.165, 1.54) is 11.1 Å². The van der Waals surface area contributed by atoms with Crippen LogP contribution < -0.4 is 10.4 Å². The van der Waals surface area contributed by atoms with Crippen LogP contribution in [0.3, 0.4) is 0 Å². The van der Waals surface area contributed by atoms with E-state index in [1.807, 2.05) is 32.0 Å². The molecular formula is C36H43N3O4. The van der Waals surface area contributed by atoms with Crippen molar-refractivity contribution in [1.29, 1.82) is 0 Å². The first kappa shape index (κ1) is 30.3. The number of carbonyl (C=O) groups is 1. The molecule has 1 heterocycles. The van der Waals surface area contributed by atoms with E-state index in [2.05, 4.69) is 69.3 Å². The van der Waals surface area contributed by atoms with Gasteiger partial charge in [-0.1, -0.05) is 75.4 Å². The maximum atomic E-state index is 13.1. The first-order valence-corrected chi connectivity index (χ1v) is 15.4. The fourth-order valence-corrected chi connectivity index (χ4v) is 5.78. The highest BCUT2D eigenvalue weighted by Gasteiger charge is 2.53. The number of aliphatic carboxylic acids is 1. The van der Waals surface area contributed by atoms with Gasteiger partial charge in [0.2, 0.25) is 0 Å². The molecule has 43 heavy (non-hydrogen) atoms. The molecule has 1 N–H and O–H groups in total. The largest absolute Gasteiger partial charge is 0.494 e. The Morgan fingerprint density at radius 3 is 2.16 bits per heavy atom. The quantitative estimate of drug-likeness (QED) is 0.200. The van der Waals surface area contributed by atoms with Gasteiger partial charge < -0.3 is 9.84 Å². The molecule has 1 aliphatic carbocycles. The summed E-state index contributed by atoms with van der Waals surface area (Å²) in [4.78, 5) is 25.1. The van der Waals surface area contributed by atoms with E-state index in [9.17, 15) is 14.7 Å². The average Bonchev–Trinajstić information content (AvgIpc) is 3.74. The summed E-state index contributed by atoms with van der Waals surface area (Å²) < 4.78 is 9.15. The SMILES string of the molecule is CCOc1ccc(-c2ccc(CCCc3nn(Cc4ccc(C(C)(C)C)cc4)c(=O)n3CC)cc2)cc1C1(C(=O)O)CC1. The van der Waals surface area contributed by atoms with E-state index in [-0.39, 0.29) is 11.1 Å². The third-order valence-electron chi connectivity index (χ3n) is 8.58. The number of nitrogens with zero attached hydrogens (tertiary/aromatic N) is 3. The van der Waals surface area contributed by atoms with E-state index < -0.39 is 11.4 Å². The number of carboxylic acids is 1. The predicted molar refractivity (Wildman–Crippen MR) is 170 cm³/mol. The average molecular weight is 582 g/mol. The van der Waals surface area contributed by atoms with E-state index in [0.29, 0.717) is 38.3 Å². The van der Waals surface area contributed by atoms with Crippen molar-refractivity contribution in [3.63, 3.8) is 0 Å². The van der Waals surface area contributed by atoms with Gasteiger partial charge in [-0.2, -0.15) is 5.10 Å². The molecule has 0 bridgehead atoms. The van der Waals surface area contributed by atoms with Gasteiger partial charge in [0.1, 0.15) is 11.6 Å². The Bertz CT molecular complexity index is 1640. The highest BCUT2D eigenvalue weighted by molar-refractivity contribution is 5.87. The second-order valence-electron chi connectivity index (χ2n) is 12.6. The summed E-state index contributed by atoms with van der Waals surface area (Å²) in [6.45, 7) is 12.0. The molecule has 1 aromatic heterocycles. The Labute approximate surface area is 254 Å². The van der Waals surface area contributed by atoms with Crippen LogP contribution in [-0.2, 0) is 41.6 Å². The number of carboxylic acid groups (broad SMARTS) is 1. The van der Waals surface area contributed by atoms with Crippen LogP contribution in [0.2, 0.25) is 0 Å². The Morgan fingerprint density at radius 1 is 0.930 bits per heavy atom. The van der Waals surface area contributed by atoms with Crippen LogP contribution in [0, 0.1) is 0 Å². The van der Waals surface area contributed by atoms with Crippen molar-refractivity contribution in [2.45, 2.75) is 90.6 Å². The third kappa shape index (κ3) is 6.46. The molecule has 1 aliphatic rings. The van der Waals surface area contributed by atoms with Crippen LogP contribution in [0.15, 0.2) is 71.5 Å². The zero-order chi connectivity index (χ0) is 30.8. The first-order chi connectivity index (χ1) is 20.6. The molecule has 4 aromatic rings. The number of hydrogen-bond acceptors (Lipinski definition) is 4. The van der Waals surface area contributed by atoms with Crippen molar-refractivity contribution in [3.05, 3.63) is 105 Å². The molecular weight excluding hydrogens is 538 g/mol. The fourth-order valence-electron chi connectivity index (χ4n) is 5.78. The van der Waals surface area contributed by atoms with Crippen molar-refractivity contribution >= 4 is 5.97 Å². The summed E-state index contributed by atoms with van der Waals surface area (Å²) in [7, 11) is 0. The van der Waals surface area contributed by atoms with Crippen molar-refractivity contribution in [2.75, 3.05) is 6.61 Å². The maximum Gasteiger partial charge on any atom is 0.346 e. The molecule has 7 heteroatoms. The monoisotopic (exact) mass is 581 g/mol. The molecule has 0 radical (unpaired) electrons. The summed E-state index contributed by atoms with van der Waals surface area (Å²) in [6, 6.07) is 22.8. The van der Waals surface area contributed by atoms with Crippen LogP contribution in [0.25, 0.3) is 11.1 Å². The third-order valence-corrected chi connectivity index (χ3v) is 8.58. The van der Waals surface area contributed by atoms with Crippen LogP contribution in [0.5, 0.6) is 5.75 Å². The second kappa shape index (κ2) is 12.2. The van der Waals surface area contributed by atoms with Crippen LogP contribution >= 0.6 is 0 Å². The van der Waals surface area contributed by atoms with E-state index >= 15 is 0 Å². The Kier molecular flexibility index (Phi) is 8.63.